The minimum atomic E-state index is 0.709. The number of nitrogens with zero attached hydrogens (tertiary/aromatic N) is 1. The second-order valence-electron chi connectivity index (χ2n) is 6.00. The molecule has 3 rings (SSSR count). The van der Waals surface area contributed by atoms with Crippen LogP contribution in [0, 0.1) is 5.92 Å². The van der Waals surface area contributed by atoms with Crippen LogP contribution in [0.3, 0.4) is 0 Å². The van der Waals surface area contributed by atoms with Crippen molar-refractivity contribution < 1.29 is 0 Å². The van der Waals surface area contributed by atoms with Crippen molar-refractivity contribution in [3.63, 3.8) is 0 Å². The maximum atomic E-state index is 3.55. The lowest BCUT2D eigenvalue weighted by Crippen LogP contribution is -2.41. The third-order valence-corrected chi connectivity index (χ3v) is 4.46. The van der Waals surface area contributed by atoms with Crippen LogP contribution >= 0.6 is 0 Å². The fourth-order valence-corrected chi connectivity index (χ4v) is 3.48. The molecule has 0 spiro atoms. The van der Waals surface area contributed by atoms with Crippen molar-refractivity contribution in [3.05, 3.63) is 35.4 Å². The van der Waals surface area contributed by atoms with Crippen LogP contribution in [0.5, 0.6) is 0 Å². The summed E-state index contributed by atoms with van der Waals surface area (Å²) in [5.74, 6) is 0.895. The van der Waals surface area contributed by atoms with Crippen molar-refractivity contribution in [2.24, 2.45) is 5.92 Å². The molecule has 0 amide bonds. The van der Waals surface area contributed by atoms with Crippen LogP contribution in [-0.2, 0) is 13.0 Å². The summed E-state index contributed by atoms with van der Waals surface area (Å²) < 4.78 is 0. The molecular weight excluding hydrogens is 220 g/mol. The van der Waals surface area contributed by atoms with Gasteiger partial charge in [-0.25, -0.2) is 0 Å². The van der Waals surface area contributed by atoms with Crippen molar-refractivity contribution in [3.8, 4) is 0 Å². The number of benzene rings is 1. The fourth-order valence-electron chi connectivity index (χ4n) is 3.48. The van der Waals surface area contributed by atoms with Gasteiger partial charge in [-0.2, -0.15) is 0 Å². The first-order chi connectivity index (χ1) is 8.81. The van der Waals surface area contributed by atoms with E-state index in [0.717, 1.165) is 12.5 Å². The standard InChI is InChI=1S/C16H24N2/c1-13-10-14(6-8-17-13)11-18-9-7-15-4-2-3-5-16(15)12-18/h2-5,13-14,17H,6-12H2,1H3. The summed E-state index contributed by atoms with van der Waals surface area (Å²) in [6.45, 7) is 7.22. The van der Waals surface area contributed by atoms with Crippen molar-refractivity contribution >= 4 is 0 Å². The smallest absolute Gasteiger partial charge is 0.0236 e. The third kappa shape index (κ3) is 2.76. The monoisotopic (exact) mass is 244 g/mol. The number of fused-ring (bicyclic) bond motifs is 1. The number of nitrogens with one attached hydrogen (secondary N) is 1. The van der Waals surface area contributed by atoms with Gasteiger partial charge in [-0.15, -0.1) is 0 Å². The van der Waals surface area contributed by atoms with E-state index in [9.17, 15) is 0 Å². The van der Waals surface area contributed by atoms with Crippen LogP contribution in [0.4, 0.5) is 0 Å². The molecule has 2 nitrogen and oxygen atoms in total. The molecule has 1 aromatic rings. The van der Waals surface area contributed by atoms with Crippen LogP contribution in [0.1, 0.15) is 30.9 Å². The molecule has 0 saturated carbocycles. The Labute approximate surface area is 110 Å². The Bertz CT molecular complexity index is 402. The lowest BCUT2D eigenvalue weighted by Gasteiger charge is -2.35. The second-order valence-corrected chi connectivity index (χ2v) is 6.00. The quantitative estimate of drug-likeness (QED) is 0.859. The zero-order valence-electron chi connectivity index (χ0n) is 11.4. The summed E-state index contributed by atoms with van der Waals surface area (Å²) in [6, 6.07) is 9.64. The molecule has 2 aliphatic rings. The Morgan fingerprint density at radius 2 is 2.11 bits per heavy atom. The number of rotatable bonds is 2. The van der Waals surface area contributed by atoms with E-state index >= 15 is 0 Å². The predicted octanol–water partition coefficient (Wildman–Crippen LogP) is 2.43. The molecule has 2 heterocycles. The largest absolute Gasteiger partial charge is 0.314 e. The van der Waals surface area contributed by atoms with Gasteiger partial charge in [0.05, 0.1) is 0 Å². The summed E-state index contributed by atoms with van der Waals surface area (Å²) in [7, 11) is 0. The summed E-state index contributed by atoms with van der Waals surface area (Å²) in [5.41, 5.74) is 3.11. The van der Waals surface area contributed by atoms with Crippen LogP contribution in [0.25, 0.3) is 0 Å². The highest BCUT2D eigenvalue weighted by molar-refractivity contribution is 5.29. The molecule has 0 bridgehead atoms. The second kappa shape index (κ2) is 5.41. The Hall–Kier alpha value is -0.860. The van der Waals surface area contributed by atoms with E-state index in [2.05, 4.69) is 41.4 Å². The maximum absolute atomic E-state index is 3.55. The Kier molecular flexibility index (Phi) is 3.67. The highest BCUT2D eigenvalue weighted by Crippen LogP contribution is 2.22. The van der Waals surface area contributed by atoms with E-state index in [1.807, 2.05) is 0 Å². The third-order valence-electron chi connectivity index (χ3n) is 4.46. The average molecular weight is 244 g/mol. The van der Waals surface area contributed by atoms with Crippen LogP contribution in [-0.4, -0.2) is 30.6 Å². The Morgan fingerprint density at radius 1 is 1.28 bits per heavy atom. The molecular formula is C16H24N2. The first-order valence-electron chi connectivity index (χ1n) is 7.34. The van der Waals surface area contributed by atoms with E-state index < -0.39 is 0 Å². The minimum absolute atomic E-state index is 0.709. The van der Waals surface area contributed by atoms with E-state index in [1.54, 1.807) is 11.1 Å². The van der Waals surface area contributed by atoms with E-state index in [-0.39, 0.29) is 0 Å². The average Bonchev–Trinajstić information content (AvgIpc) is 2.39. The summed E-state index contributed by atoms with van der Waals surface area (Å²) >= 11 is 0. The normalized spacial score (nSPS) is 28.9. The van der Waals surface area contributed by atoms with Crippen molar-refractivity contribution in [2.75, 3.05) is 19.6 Å². The predicted molar refractivity (Wildman–Crippen MR) is 75.6 cm³/mol. The minimum Gasteiger partial charge on any atom is -0.314 e. The van der Waals surface area contributed by atoms with Crippen molar-refractivity contribution in [2.45, 2.75) is 38.8 Å². The van der Waals surface area contributed by atoms with Gasteiger partial charge in [0, 0.05) is 25.7 Å². The topological polar surface area (TPSA) is 15.3 Å². The van der Waals surface area contributed by atoms with E-state index in [1.165, 1.54) is 38.9 Å². The van der Waals surface area contributed by atoms with Crippen LogP contribution in [0.15, 0.2) is 24.3 Å². The summed E-state index contributed by atoms with van der Waals surface area (Å²) in [5, 5.41) is 3.55. The molecule has 2 atom stereocenters. The fraction of sp³-hybridized carbons (Fsp3) is 0.625. The molecule has 18 heavy (non-hydrogen) atoms. The molecule has 0 aromatic heterocycles. The van der Waals surface area contributed by atoms with Crippen molar-refractivity contribution in [1.29, 1.82) is 0 Å². The number of piperidine rings is 1. The van der Waals surface area contributed by atoms with E-state index in [4.69, 9.17) is 0 Å². The number of hydrogen-bond acceptors (Lipinski definition) is 2. The van der Waals surface area contributed by atoms with E-state index in [0.29, 0.717) is 6.04 Å². The zero-order chi connectivity index (χ0) is 12.4. The van der Waals surface area contributed by atoms with Gasteiger partial charge in [0.15, 0.2) is 0 Å². The van der Waals surface area contributed by atoms with Gasteiger partial charge in [0.25, 0.3) is 0 Å². The molecule has 1 N–H and O–H groups in total. The first-order valence-corrected chi connectivity index (χ1v) is 7.34. The summed E-state index contributed by atoms with van der Waals surface area (Å²) in [6.07, 6.45) is 3.93. The SMILES string of the molecule is CC1CC(CN2CCc3ccccc3C2)CCN1. The summed E-state index contributed by atoms with van der Waals surface area (Å²) in [4.78, 5) is 2.66. The maximum Gasteiger partial charge on any atom is 0.0236 e. The number of hydrogen-bond donors (Lipinski definition) is 1. The van der Waals surface area contributed by atoms with Gasteiger partial charge in [0.2, 0.25) is 0 Å². The molecule has 98 valence electrons. The molecule has 0 radical (unpaired) electrons. The molecule has 2 unspecified atom stereocenters. The van der Waals surface area contributed by atoms with Gasteiger partial charge in [-0.05, 0) is 49.8 Å². The van der Waals surface area contributed by atoms with Crippen molar-refractivity contribution in [1.82, 2.24) is 10.2 Å². The lowest BCUT2D eigenvalue weighted by molar-refractivity contribution is 0.179. The van der Waals surface area contributed by atoms with Gasteiger partial charge >= 0.3 is 0 Å². The zero-order valence-corrected chi connectivity index (χ0v) is 11.4. The highest BCUT2D eigenvalue weighted by atomic mass is 15.1. The van der Waals surface area contributed by atoms with Crippen LogP contribution < -0.4 is 5.32 Å². The highest BCUT2D eigenvalue weighted by Gasteiger charge is 2.23. The first kappa shape index (κ1) is 12.2. The molecule has 2 heteroatoms. The molecule has 1 saturated heterocycles. The Balaban J connectivity index is 1.59. The van der Waals surface area contributed by atoms with Gasteiger partial charge in [-0.3, -0.25) is 4.90 Å². The van der Waals surface area contributed by atoms with Gasteiger partial charge in [-0.1, -0.05) is 24.3 Å². The molecule has 1 fully saturated rings. The molecule has 1 aromatic carbocycles. The molecule has 2 aliphatic heterocycles. The lowest BCUT2D eigenvalue weighted by atomic mass is 9.91. The Morgan fingerprint density at radius 3 is 2.94 bits per heavy atom. The molecule has 0 aliphatic carbocycles. The van der Waals surface area contributed by atoms with Gasteiger partial charge < -0.3 is 5.32 Å². The van der Waals surface area contributed by atoms with Crippen LogP contribution in [0.2, 0.25) is 0 Å². The van der Waals surface area contributed by atoms with Gasteiger partial charge in [0.1, 0.15) is 0 Å².